The fraction of sp³-hybridized carbons (Fsp3) is 0.263. The molecule has 0 spiro atoms. The number of hydrogen-bond donors (Lipinski definition) is 1. The number of ether oxygens (including phenoxy) is 3. The molecule has 1 amide bonds. The summed E-state index contributed by atoms with van der Waals surface area (Å²) in [5.74, 6) is 1.10. The van der Waals surface area contributed by atoms with Gasteiger partial charge in [-0.05, 0) is 35.9 Å². The number of carbonyl (C=O) groups excluding carboxylic acids is 1. The molecule has 0 saturated heterocycles. The highest BCUT2D eigenvalue weighted by atomic mass is 32.2. The molecule has 0 bridgehead atoms. The molecule has 154 valence electrons. The van der Waals surface area contributed by atoms with Crippen molar-refractivity contribution in [3.63, 3.8) is 0 Å². The number of aromatic nitrogens is 1. The van der Waals surface area contributed by atoms with Crippen LogP contribution in [-0.2, 0) is 21.1 Å². The summed E-state index contributed by atoms with van der Waals surface area (Å²) in [6.07, 6.45) is 1.22. The third-order valence-corrected chi connectivity index (χ3v) is 6.17. The van der Waals surface area contributed by atoms with E-state index in [4.69, 9.17) is 14.2 Å². The molecule has 10 heteroatoms. The molecule has 0 aliphatic rings. The van der Waals surface area contributed by atoms with E-state index in [0.29, 0.717) is 38.2 Å². The fourth-order valence-electron chi connectivity index (χ4n) is 2.78. The van der Waals surface area contributed by atoms with Crippen LogP contribution in [0.15, 0.2) is 35.2 Å². The van der Waals surface area contributed by atoms with Crippen molar-refractivity contribution in [3.05, 3.63) is 35.9 Å². The number of benzene rings is 2. The molecule has 0 atom stereocenters. The molecule has 8 nitrogen and oxygen atoms in total. The second kappa shape index (κ2) is 8.26. The molecule has 0 aliphatic heterocycles. The Kier molecular flexibility index (Phi) is 5.94. The fourth-order valence-corrected chi connectivity index (χ4v) is 4.42. The van der Waals surface area contributed by atoms with Crippen LogP contribution < -0.4 is 19.5 Å². The quantitative estimate of drug-likeness (QED) is 0.607. The lowest BCUT2D eigenvalue weighted by Gasteiger charge is -2.13. The molecular weight excluding hydrogens is 416 g/mol. The number of thiazole rings is 1. The van der Waals surface area contributed by atoms with Gasteiger partial charge in [-0.25, -0.2) is 13.4 Å². The first-order valence-corrected chi connectivity index (χ1v) is 11.2. The summed E-state index contributed by atoms with van der Waals surface area (Å²) in [6, 6.07) is 8.09. The minimum atomic E-state index is -3.31. The topological polar surface area (TPSA) is 104 Å². The van der Waals surface area contributed by atoms with Crippen LogP contribution in [0.4, 0.5) is 5.13 Å². The van der Waals surface area contributed by atoms with Gasteiger partial charge >= 0.3 is 0 Å². The Morgan fingerprint density at radius 2 is 1.72 bits per heavy atom. The maximum absolute atomic E-state index is 12.5. The zero-order chi connectivity index (χ0) is 21.2. The summed E-state index contributed by atoms with van der Waals surface area (Å²) in [6.45, 7) is 0. The second-order valence-corrected chi connectivity index (χ2v) is 9.23. The van der Waals surface area contributed by atoms with Crippen LogP contribution in [0.25, 0.3) is 10.2 Å². The predicted octanol–water partition coefficient (Wildman–Crippen LogP) is 2.91. The van der Waals surface area contributed by atoms with Crippen molar-refractivity contribution >= 4 is 42.4 Å². The van der Waals surface area contributed by atoms with Crippen molar-refractivity contribution in [2.75, 3.05) is 32.9 Å². The number of hydrogen-bond acceptors (Lipinski definition) is 8. The lowest BCUT2D eigenvalue weighted by atomic mass is 10.1. The average Bonchev–Trinajstić information content (AvgIpc) is 3.07. The number of anilines is 1. The first kappa shape index (κ1) is 20.9. The van der Waals surface area contributed by atoms with Gasteiger partial charge < -0.3 is 19.5 Å². The summed E-state index contributed by atoms with van der Waals surface area (Å²) in [5.41, 5.74) is 1.29. The Hall–Kier alpha value is -2.85. The minimum Gasteiger partial charge on any atom is -0.493 e. The van der Waals surface area contributed by atoms with E-state index in [1.54, 1.807) is 24.3 Å². The van der Waals surface area contributed by atoms with Crippen molar-refractivity contribution in [1.82, 2.24) is 4.98 Å². The lowest BCUT2D eigenvalue weighted by molar-refractivity contribution is -0.115. The molecule has 3 rings (SSSR count). The van der Waals surface area contributed by atoms with Crippen LogP contribution in [0.5, 0.6) is 17.2 Å². The maximum Gasteiger partial charge on any atom is 0.230 e. The Morgan fingerprint density at radius 1 is 1.07 bits per heavy atom. The van der Waals surface area contributed by atoms with Crippen molar-refractivity contribution in [3.8, 4) is 17.2 Å². The monoisotopic (exact) mass is 436 g/mol. The van der Waals surface area contributed by atoms with Gasteiger partial charge in [0.15, 0.2) is 26.5 Å². The van der Waals surface area contributed by atoms with Crippen molar-refractivity contribution in [1.29, 1.82) is 0 Å². The van der Waals surface area contributed by atoms with Crippen LogP contribution in [-0.4, -0.2) is 46.9 Å². The lowest BCUT2D eigenvalue weighted by Crippen LogP contribution is -2.14. The molecule has 0 saturated carbocycles. The Morgan fingerprint density at radius 3 is 2.28 bits per heavy atom. The zero-order valence-electron chi connectivity index (χ0n) is 16.3. The number of sulfone groups is 1. The van der Waals surface area contributed by atoms with Gasteiger partial charge in [0.2, 0.25) is 11.7 Å². The number of rotatable bonds is 7. The van der Waals surface area contributed by atoms with Crippen LogP contribution >= 0.6 is 11.3 Å². The van der Waals surface area contributed by atoms with E-state index in [0.717, 1.165) is 6.26 Å². The third-order valence-electron chi connectivity index (χ3n) is 4.12. The third kappa shape index (κ3) is 4.60. The smallest absolute Gasteiger partial charge is 0.230 e. The van der Waals surface area contributed by atoms with E-state index >= 15 is 0 Å². The SMILES string of the molecule is COc1cc(CC(=O)Nc2nc3ccc(S(C)(=O)=O)cc3s2)cc(OC)c1OC. The first-order chi connectivity index (χ1) is 13.7. The molecule has 3 aromatic rings. The van der Waals surface area contributed by atoms with E-state index < -0.39 is 9.84 Å². The molecule has 0 radical (unpaired) electrons. The number of methoxy groups -OCH3 is 3. The first-order valence-electron chi connectivity index (χ1n) is 8.44. The highest BCUT2D eigenvalue weighted by molar-refractivity contribution is 7.90. The molecule has 1 heterocycles. The molecule has 0 unspecified atom stereocenters. The van der Waals surface area contributed by atoms with Crippen LogP contribution in [0.1, 0.15) is 5.56 Å². The number of fused-ring (bicyclic) bond motifs is 1. The average molecular weight is 437 g/mol. The van der Waals surface area contributed by atoms with Crippen LogP contribution in [0.3, 0.4) is 0 Å². The summed E-state index contributed by atoms with van der Waals surface area (Å²) in [4.78, 5) is 17.0. The normalized spacial score (nSPS) is 11.3. The largest absolute Gasteiger partial charge is 0.493 e. The van der Waals surface area contributed by atoms with Crippen molar-refractivity contribution in [2.45, 2.75) is 11.3 Å². The molecule has 1 N–H and O–H groups in total. The molecule has 0 aliphatic carbocycles. The molecule has 1 aromatic heterocycles. The highest BCUT2D eigenvalue weighted by Gasteiger charge is 2.16. The zero-order valence-corrected chi connectivity index (χ0v) is 17.9. The van der Waals surface area contributed by atoms with Crippen LogP contribution in [0.2, 0.25) is 0 Å². The van der Waals surface area contributed by atoms with Gasteiger partial charge in [0.05, 0.1) is 42.9 Å². The number of carbonyl (C=O) groups is 1. The van der Waals surface area contributed by atoms with Gasteiger partial charge in [-0.15, -0.1) is 0 Å². The van der Waals surface area contributed by atoms with Gasteiger partial charge in [-0.1, -0.05) is 11.3 Å². The summed E-state index contributed by atoms with van der Waals surface area (Å²) in [7, 11) is 1.21. The van der Waals surface area contributed by atoms with E-state index in [2.05, 4.69) is 10.3 Å². The van der Waals surface area contributed by atoms with E-state index in [1.165, 1.54) is 38.7 Å². The maximum atomic E-state index is 12.5. The van der Waals surface area contributed by atoms with Crippen molar-refractivity contribution < 1.29 is 27.4 Å². The summed E-state index contributed by atoms with van der Waals surface area (Å²) in [5, 5.41) is 3.14. The van der Waals surface area contributed by atoms with Crippen LogP contribution in [0, 0.1) is 0 Å². The van der Waals surface area contributed by atoms with Gasteiger partial charge in [0.1, 0.15) is 0 Å². The van der Waals surface area contributed by atoms with E-state index in [9.17, 15) is 13.2 Å². The van der Waals surface area contributed by atoms with Gasteiger partial charge in [-0.2, -0.15) is 0 Å². The Bertz CT molecular complexity index is 1150. The Balaban J connectivity index is 1.80. The number of nitrogens with zero attached hydrogens (tertiary/aromatic N) is 1. The van der Waals surface area contributed by atoms with Gasteiger partial charge in [0.25, 0.3) is 0 Å². The van der Waals surface area contributed by atoms with Crippen molar-refractivity contribution in [2.24, 2.45) is 0 Å². The predicted molar refractivity (Wildman–Crippen MR) is 111 cm³/mol. The summed E-state index contributed by atoms with van der Waals surface area (Å²) < 4.78 is 40.0. The molecular formula is C19H20N2O6S2. The number of nitrogens with one attached hydrogen (secondary N) is 1. The van der Waals surface area contributed by atoms with E-state index in [1.807, 2.05) is 0 Å². The second-order valence-electron chi connectivity index (χ2n) is 6.18. The van der Waals surface area contributed by atoms with E-state index in [-0.39, 0.29) is 17.2 Å². The Labute approximate surface area is 172 Å². The minimum absolute atomic E-state index is 0.0707. The van der Waals surface area contributed by atoms with Gasteiger partial charge in [-0.3, -0.25) is 4.79 Å². The molecule has 2 aromatic carbocycles. The molecule has 0 fully saturated rings. The van der Waals surface area contributed by atoms with Gasteiger partial charge in [0, 0.05) is 6.26 Å². The highest BCUT2D eigenvalue weighted by Crippen LogP contribution is 2.38. The number of amides is 1. The summed E-state index contributed by atoms with van der Waals surface area (Å²) >= 11 is 1.21. The standard InChI is InChI=1S/C19H20N2O6S2/c1-25-14-7-11(8-15(26-2)18(14)27-3)9-17(22)21-19-20-13-6-5-12(29(4,23)24)10-16(13)28-19/h5-8,10H,9H2,1-4H3,(H,20,21,22). The molecule has 29 heavy (non-hydrogen) atoms.